The fraction of sp³-hybridized carbons (Fsp3) is 0.412. The largest absolute Gasteiger partial charge is 0.328 e. The summed E-state index contributed by atoms with van der Waals surface area (Å²) in [7, 11) is 3.82. The van der Waals surface area contributed by atoms with E-state index in [4.69, 9.17) is 0 Å². The monoisotopic (exact) mass is 297 g/mol. The Bertz CT molecular complexity index is 636. The third kappa shape index (κ3) is 2.36. The molecule has 2 aliphatic rings. The molecular weight excluding hydrogens is 276 g/mol. The van der Waals surface area contributed by atoms with E-state index in [1.54, 1.807) is 0 Å². The lowest BCUT2D eigenvalue weighted by Crippen LogP contribution is -3.10. The van der Waals surface area contributed by atoms with Crippen molar-refractivity contribution >= 4 is 17.2 Å². The third-order valence-electron chi connectivity index (χ3n) is 4.58. The summed E-state index contributed by atoms with van der Waals surface area (Å²) in [6.45, 7) is 2.49. The van der Waals surface area contributed by atoms with Gasteiger partial charge in [-0.15, -0.1) is 0 Å². The fourth-order valence-electron chi connectivity index (χ4n) is 3.42. The lowest BCUT2D eigenvalue weighted by atomic mass is 10.1. The van der Waals surface area contributed by atoms with Crippen LogP contribution in [0, 0.1) is 11.3 Å². The van der Waals surface area contributed by atoms with Crippen LogP contribution in [0.15, 0.2) is 35.7 Å². The van der Waals surface area contributed by atoms with Gasteiger partial charge in [0.2, 0.25) is 5.78 Å². The first kappa shape index (κ1) is 14.6. The highest BCUT2D eigenvalue weighted by atomic mass is 16.1. The molecule has 5 nitrogen and oxygen atoms in total. The Balaban J connectivity index is 1.93. The lowest BCUT2D eigenvalue weighted by Gasteiger charge is -2.20. The summed E-state index contributed by atoms with van der Waals surface area (Å²) in [5.74, 6) is 0.633. The van der Waals surface area contributed by atoms with Crippen molar-refractivity contribution in [2.75, 3.05) is 43.5 Å². The number of nitrogens with one attached hydrogen (secondary N) is 1. The van der Waals surface area contributed by atoms with Crippen molar-refractivity contribution in [1.29, 1.82) is 5.26 Å². The number of rotatable bonds is 3. The van der Waals surface area contributed by atoms with Crippen LogP contribution in [-0.2, 0) is 4.79 Å². The first-order valence-electron chi connectivity index (χ1n) is 7.71. The van der Waals surface area contributed by atoms with Crippen LogP contribution in [0.2, 0.25) is 0 Å². The van der Waals surface area contributed by atoms with Crippen molar-refractivity contribution in [3.05, 3.63) is 35.7 Å². The summed E-state index contributed by atoms with van der Waals surface area (Å²) in [6, 6.07) is 10.1. The number of hydrogen-bond donors (Lipinski definition) is 1. The molecule has 0 bridgehead atoms. The molecule has 0 atom stereocenters. The van der Waals surface area contributed by atoms with Crippen LogP contribution < -0.4 is 14.7 Å². The number of likely N-dealkylation sites (tertiary alicyclic amines) is 1. The minimum atomic E-state index is -0.0547. The number of carbonyl (C=O) groups excluding carboxylic acids is 1. The Morgan fingerprint density at radius 3 is 2.23 bits per heavy atom. The molecule has 1 saturated heterocycles. The van der Waals surface area contributed by atoms with Gasteiger partial charge >= 0.3 is 0 Å². The van der Waals surface area contributed by atoms with Crippen LogP contribution in [-0.4, -0.2) is 39.5 Å². The van der Waals surface area contributed by atoms with Gasteiger partial charge in [0.1, 0.15) is 24.0 Å². The maximum absolute atomic E-state index is 12.6. The second-order valence-corrected chi connectivity index (χ2v) is 5.97. The molecule has 1 N–H and O–H groups in total. The lowest BCUT2D eigenvalue weighted by molar-refractivity contribution is -0.878. The number of para-hydroxylation sites is 2. The number of carbonyl (C=O) groups is 1. The first-order valence-corrected chi connectivity index (χ1v) is 7.71. The molecule has 1 fully saturated rings. The first-order chi connectivity index (χ1) is 10.6. The standard InChI is InChI=1S/C17H20N4O/c1-19-14-7-3-4-8-15(14)20(2)17(19)13(11-18)16(22)12-21-9-5-6-10-21/h3-4,7-8H,5-6,9-10,12H2,1-2H3/p+1. The molecule has 22 heavy (non-hydrogen) atoms. The van der Waals surface area contributed by atoms with Crippen LogP contribution in [0.5, 0.6) is 0 Å². The number of nitriles is 1. The van der Waals surface area contributed by atoms with Crippen LogP contribution in [0.1, 0.15) is 12.8 Å². The van der Waals surface area contributed by atoms with Gasteiger partial charge in [0, 0.05) is 26.9 Å². The molecule has 3 rings (SSSR count). The van der Waals surface area contributed by atoms with E-state index in [-0.39, 0.29) is 11.4 Å². The highest BCUT2D eigenvalue weighted by Crippen LogP contribution is 2.40. The van der Waals surface area contributed by atoms with Crippen LogP contribution in [0.25, 0.3) is 0 Å². The predicted octanol–water partition coefficient (Wildman–Crippen LogP) is 0.556. The van der Waals surface area contributed by atoms with E-state index in [1.165, 1.54) is 17.7 Å². The molecule has 0 aliphatic carbocycles. The average molecular weight is 297 g/mol. The average Bonchev–Trinajstić information content (AvgIpc) is 3.11. The summed E-state index contributed by atoms with van der Waals surface area (Å²) in [6.07, 6.45) is 2.35. The van der Waals surface area contributed by atoms with Crippen molar-refractivity contribution in [1.82, 2.24) is 0 Å². The van der Waals surface area contributed by atoms with Crippen LogP contribution >= 0.6 is 0 Å². The summed E-state index contributed by atoms with van der Waals surface area (Å²) in [4.78, 5) is 17.8. The quantitative estimate of drug-likeness (QED) is 0.654. The third-order valence-corrected chi connectivity index (χ3v) is 4.58. The Labute approximate surface area is 131 Å². The number of Topliss-reactive ketones (excluding diaryl/α,β-unsaturated/α-hetero) is 1. The highest BCUT2D eigenvalue weighted by molar-refractivity contribution is 6.03. The highest BCUT2D eigenvalue weighted by Gasteiger charge is 2.32. The van der Waals surface area contributed by atoms with Gasteiger partial charge in [-0.1, -0.05) is 12.1 Å². The number of fused-ring (bicyclic) bond motifs is 1. The van der Waals surface area contributed by atoms with Crippen LogP contribution in [0.4, 0.5) is 11.4 Å². The number of nitrogens with zero attached hydrogens (tertiary/aromatic N) is 3. The number of quaternary nitrogens is 1. The summed E-state index contributed by atoms with van der Waals surface area (Å²) in [5, 5.41) is 9.55. The van der Waals surface area contributed by atoms with Gasteiger partial charge in [-0.25, -0.2) is 0 Å². The van der Waals surface area contributed by atoms with Gasteiger partial charge in [0.05, 0.1) is 24.5 Å². The van der Waals surface area contributed by atoms with Crippen molar-refractivity contribution in [3.8, 4) is 6.07 Å². The van der Waals surface area contributed by atoms with Gasteiger partial charge in [0.25, 0.3) is 0 Å². The van der Waals surface area contributed by atoms with Gasteiger partial charge in [-0.05, 0) is 12.1 Å². The molecule has 0 unspecified atom stereocenters. The minimum absolute atomic E-state index is 0.0547. The Morgan fingerprint density at radius 1 is 1.18 bits per heavy atom. The van der Waals surface area contributed by atoms with Crippen molar-refractivity contribution in [2.45, 2.75) is 12.8 Å². The maximum atomic E-state index is 12.6. The second-order valence-electron chi connectivity index (χ2n) is 5.97. The summed E-state index contributed by atoms with van der Waals surface area (Å²) >= 11 is 0. The van der Waals surface area contributed by atoms with Crippen molar-refractivity contribution < 1.29 is 9.69 Å². The van der Waals surface area contributed by atoms with E-state index in [1.807, 2.05) is 48.2 Å². The molecule has 2 aliphatic heterocycles. The molecule has 5 heteroatoms. The second kappa shape index (κ2) is 5.82. The number of benzene rings is 1. The zero-order valence-electron chi connectivity index (χ0n) is 13.1. The Hall–Kier alpha value is -2.32. The van der Waals surface area contributed by atoms with Gasteiger partial charge in [0.15, 0.2) is 0 Å². The Kier molecular flexibility index (Phi) is 3.86. The molecule has 1 aromatic rings. The summed E-state index contributed by atoms with van der Waals surface area (Å²) in [5.41, 5.74) is 2.31. The van der Waals surface area contributed by atoms with E-state index in [9.17, 15) is 10.1 Å². The van der Waals surface area contributed by atoms with Crippen molar-refractivity contribution in [2.24, 2.45) is 0 Å². The zero-order valence-corrected chi connectivity index (χ0v) is 13.1. The minimum Gasteiger partial charge on any atom is -0.328 e. The molecule has 0 saturated carbocycles. The Morgan fingerprint density at radius 2 is 1.73 bits per heavy atom. The molecular formula is C17H21N4O+. The normalized spacial score (nSPS) is 17.6. The van der Waals surface area contributed by atoms with E-state index < -0.39 is 0 Å². The van der Waals surface area contributed by atoms with Crippen molar-refractivity contribution in [3.63, 3.8) is 0 Å². The molecule has 114 valence electrons. The maximum Gasteiger partial charge on any atom is 0.231 e. The van der Waals surface area contributed by atoms with Crippen LogP contribution in [0.3, 0.4) is 0 Å². The molecule has 0 spiro atoms. The fourth-order valence-corrected chi connectivity index (χ4v) is 3.42. The van der Waals surface area contributed by atoms with Gasteiger partial charge < -0.3 is 14.7 Å². The SMILES string of the molecule is CN1C(=C(C#N)C(=O)C[NH+]2CCCC2)N(C)c2ccccc21. The van der Waals surface area contributed by atoms with Gasteiger partial charge in [-0.2, -0.15) is 5.26 Å². The topological polar surface area (TPSA) is 51.8 Å². The molecule has 1 aromatic carbocycles. The molecule has 0 aromatic heterocycles. The van der Waals surface area contributed by atoms with E-state index >= 15 is 0 Å². The van der Waals surface area contributed by atoms with E-state index in [0.717, 1.165) is 24.5 Å². The smallest absolute Gasteiger partial charge is 0.231 e. The molecule has 2 heterocycles. The zero-order chi connectivity index (χ0) is 15.7. The number of hydrogen-bond acceptors (Lipinski definition) is 4. The molecule has 0 radical (unpaired) electrons. The predicted molar refractivity (Wildman–Crippen MR) is 85.7 cm³/mol. The number of anilines is 2. The molecule has 0 amide bonds. The summed E-state index contributed by atoms with van der Waals surface area (Å²) < 4.78 is 0. The van der Waals surface area contributed by atoms with E-state index in [2.05, 4.69) is 6.07 Å². The van der Waals surface area contributed by atoms with Gasteiger partial charge in [-0.3, -0.25) is 4.79 Å². The number of ketones is 1. The van der Waals surface area contributed by atoms with E-state index in [0.29, 0.717) is 12.4 Å².